The second-order valence-electron chi connectivity index (χ2n) is 3.67. The molecule has 0 atom stereocenters. The molecule has 0 aromatic heterocycles. The molecule has 0 aliphatic rings. The summed E-state index contributed by atoms with van der Waals surface area (Å²) in [6.07, 6.45) is -0.942. The van der Waals surface area contributed by atoms with Crippen molar-refractivity contribution in [3.63, 3.8) is 0 Å². The van der Waals surface area contributed by atoms with E-state index >= 15 is 0 Å². The van der Waals surface area contributed by atoms with E-state index in [1.165, 1.54) is 0 Å². The maximum Gasteiger partial charge on any atom is 1.00 e. The van der Waals surface area contributed by atoms with Crippen LogP contribution in [0, 0.1) is 0 Å². The largest absolute Gasteiger partial charge is 1.00 e. The molecule has 10 heteroatoms. The molecule has 0 heterocycles. The molecule has 17 heavy (non-hydrogen) atoms. The second kappa shape index (κ2) is 10.1. The van der Waals surface area contributed by atoms with Crippen LogP contribution in [0.2, 0.25) is 0 Å². The van der Waals surface area contributed by atoms with Crippen LogP contribution >= 0.6 is 15.2 Å². The zero-order valence-corrected chi connectivity index (χ0v) is 17.0. The third kappa shape index (κ3) is 14.5. The van der Waals surface area contributed by atoms with Crippen LogP contribution in [-0.2, 0) is 18.2 Å². The van der Waals surface area contributed by atoms with Crippen LogP contribution in [-0.4, -0.2) is 18.1 Å². The van der Waals surface area contributed by atoms with Crippen molar-refractivity contribution in [2.45, 2.75) is 39.9 Å². The van der Waals surface area contributed by atoms with Gasteiger partial charge in [0.2, 0.25) is 0 Å². The smallest absolute Gasteiger partial charge is 0.810 e. The summed E-state index contributed by atoms with van der Waals surface area (Å²) in [5.74, 6) is -1.10. The SMILES string of the molecule is CC(C)OP(=O)(CP(=O)([O-])[O-])OC(C)C.[Na+].[Na+]. The standard InChI is InChI=1S/C7H18O6P2.2Na/c1-6(2)12-15(11,13-7(3)4)5-14(8,9)10;;/h6-7H,5H2,1-4H3,(H2,8,9,10);;/q;2*+1/p-2. The Labute approximate surface area is 146 Å². The quantitative estimate of drug-likeness (QED) is 0.360. The molecule has 0 N–H and O–H groups in total. The minimum absolute atomic E-state index is 0. The van der Waals surface area contributed by atoms with Crippen LogP contribution in [0.5, 0.6) is 0 Å². The molecule has 0 saturated carbocycles. The predicted octanol–water partition coefficient (Wildman–Crippen LogP) is -5.09. The molecule has 92 valence electrons. The van der Waals surface area contributed by atoms with E-state index in [9.17, 15) is 18.9 Å². The predicted molar refractivity (Wildman–Crippen MR) is 52.5 cm³/mol. The normalized spacial score (nSPS) is 12.2. The fraction of sp³-hybridized carbons (Fsp3) is 1.00. The van der Waals surface area contributed by atoms with E-state index in [-0.39, 0.29) is 59.1 Å². The minimum atomic E-state index is -4.91. The molecule has 0 saturated heterocycles. The summed E-state index contributed by atoms with van der Waals surface area (Å²) in [5, 5.41) is 0. The van der Waals surface area contributed by atoms with Crippen molar-refractivity contribution in [2.24, 2.45) is 0 Å². The van der Waals surface area contributed by atoms with Gasteiger partial charge in [0, 0.05) is 0 Å². The monoisotopic (exact) mass is 304 g/mol. The van der Waals surface area contributed by atoms with Gasteiger partial charge in [0.15, 0.2) is 0 Å². The van der Waals surface area contributed by atoms with Gasteiger partial charge < -0.3 is 23.4 Å². The van der Waals surface area contributed by atoms with Gasteiger partial charge in [-0.1, -0.05) is 7.60 Å². The summed E-state index contributed by atoms with van der Waals surface area (Å²) < 4.78 is 32.2. The van der Waals surface area contributed by atoms with Crippen LogP contribution in [0.1, 0.15) is 27.7 Å². The molecule has 0 aliphatic heterocycles. The van der Waals surface area contributed by atoms with Crippen molar-refractivity contribution in [1.29, 1.82) is 0 Å². The van der Waals surface area contributed by atoms with Crippen molar-refractivity contribution < 1.29 is 87.1 Å². The maximum absolute atomic E-state index is 11.8. The van der Waals surface area contributed by atoms with Crippen LogP contribution < -0.4 is 68.9 Å². The molecule has 0 spiro atoms. The molecule has 0 aromatic carbocycles. The van der Waals surface area contributed by atoms with Gasteiger partial charge in [0.05, 0.1) is 18.1 Å². The topological polar surface area (TPSA) is 98.7 Å². The molecular weight excluding hydrogens is 288 g/mol. The fourth-order valence-corrected chi connectivity index (χ4v) is 4.51. The fourth-order valence-electron chi connectivity index (χ4n) is 0.946. The summed E-state index contributed by atoms with van der Waals surface area (Å²) >= 11 is 0. The summed E-state index contributed by atoms with van der Waals surface area (Å²) in [6.45, 7) is 6.32. The Morgan fingerprint density at radius 3 is 1.41 bits per heavy atom. The van der Waals surface area contributed by atoms with E-state index in [2.05, 4.69) is 0 Å². The van der Waals surface area contributed by atoms with Crippen molar-refractivity contribution in [2.75, 3.05) is 5.90 Å². The van der Waals surface area contributed by atoms with Crippen molar-refractivity contribution in [3.8, 4) is 0 Å². The third-order valence-electron chi connectivity index (χ3n) is 1.09. The Hall–Kier alpha value is 2.30. The first-order valence-electron chi connectivity index (χ1n) is 4.51. The van der Waals surface area contributed by atoms with E-state index in [1.54, 1.807) is 27.7 Å². The Morgan fingerprint density at radius 2 is 1.24 bits per heavy atom. The summed E-state index contributed by atoms with van der Waals surface area (Å²) in [6, 6.07) is 0. The molecule has 0 aliphatic carbocycles. The maximum atomic E-state index is 11.8. The third-order valence-corrected chi connectivity index (χ3v) is 5.35. The van der Waals surface area contributed by atoms with Crippen molar-refractivity contribution in [1.82, 2.24) is 0 Å². The zero-order chi connectivity index (χ0) is 12.3. The Bertz CT molecular complexity index is 276. The average molecular weight is 304 g/mol. The summed E-state index contributed by atoms with van der Waals surface area (Å²) in [4.78, 5) is 21.1. The van der Waals surface area contributed by atoms with Crippen molar-refractivity contribution in [3.05, 3.63) is 0 Å². The van der Waals surface area contributed by atoms with Gasteiger partial charge in [-0.2, -0.15) is 0 Å². The van der Waals surface area contributed by atoms with Gasteiger partial charge in [-0.15, -0.1) is 0 Å². The average Bonchev–Trinajstić information content (AvgIpc) is 1.73. The van der Waals surface area contributed by atoms with E-state index in [0.29, 0.717) is 0 Å². The van der Waals surface area contributed by atoms with E-state index in [0.717, 1.165) is 0 Å². The molecule has 0 rings (SSSR count). The van der Waals surface area contributed by atoms with Gasteiger partial charge >= 0.3 is 66.7 Å². The van der Waals surface area contributed by atoms with E-state index in [4.69, 9.17) is 9.05 Å². The first-order valence-corrected chi connectivity index (χ1v) is 7.96. The van der Waals surface area contributed by atoms with Crippen LogP contribution in [0.4, 0.5) is 0 Å². The second-order valence-corrected chi connectivity index (χ2v) is 7.67. The van der Waals surface area contributed by atoms with Gasteiger partial charge in [-0.05, 0) is 27.7 Å². The van der Waals surface area contributed by atoms with Gasteiger partial charge in [0.25, 0.3) is 0 Å². The Kier molecular flexibility index (Phi) is 14.4. The van der Waals surface area contributed by atoms with Gasteiger partial charge in [-0.25, -0.2) is 0 Å². The molecule has 0 aromatic rings. The summed E-state index contributed by atoms with van der Waals surface area (Å²) in [7, 11) is -8.75. The molecule has 0 unspecified atom stereocenters. The minimum Gasteiger partial charge on any atom is -0.810 e. The molecule has 0 radical (unpaired) electrons. The first kappa shape index (κ1) is 24.3. The van der Waals surface area contributed by atoms with Gasteiger partial charge in [-0.3, -0.25) is 4.57 Å². The first-order chi connectivity index (χ1) is 6.54. The Balaban J connectivity index is -0.000000980. The van der Waals surface area contributed by atoms with E-state index < -0.39 is 33.3 Å². The van der Waals surface area contributed by atoms with Crippen LogP contribution in [0.25, 0.3) is 0 Å². The van der Waals surface area contributed by atoms with Crippen molar-refractivity contribution >= 4 is 15.2 Å². The zero-order valence-electron chi connectivity index (χ0n) is 11.2. The summed E-state index contributed by atoms with van der Waals surface area (Å²) in [5.41, 5.74) is 0. The molecule has 0 amide bonds. The number of hydrogen-bond donors (Lipinski definition) is 0. The number of rotatable bonds is 6. The van der Waals surface area contributed by atoms with E-state index in [1.807, 2.05) is 0 Å². The molecule has 0 fully saturated rings. The Morgan fingerprint density at radius 1 is 0.941 bits per heavy atom. The van der Waals surface area contributed by atoms with Crippen LogP contribution in [0.15, 0.2) is 0 Å². The molecular formula is C7H16Na2O6P2. The molecule has 0 bridgehead atoms. The van der Waals surface area contributed by atoms with Crippen LogP contribution in [0.3, 0.4) is 0 Å². The number of hydrogen-bond acceptors (Lipinski definition) is 6. The van der Waals surface area contributed by atoms with Gasteiger partial charge in [0.1, 0.15) is 0 Å². The molecule has 6 nitrogen and oxygen atoms in total.